The van der Waals surface area contributed by atoms with Gasteiger partial charge in [-0.2, -0.15) is 0 Å². The Labute approximate surface area is 401 Å². The Bertz CT molecular complexity index is 854. The van der Waals surface area contributed by atoms with E-state index in [1.165, 1.54) is 173 Å². The van der Waals surface area contributed by atoms with Crippen LogP contribution in [0.4, 0.5) is 0 Å². The molecule has 0 spiro atoms. The van der Waals surface area contributed by atoms with Crippen molar-refractivity contribution in [2.24, 2.45) is 71.0 Å². The van der Waals surface area contributed by atoms with E-state index in [1.807, 2.05) is 0 Å². The summed E-state index contributed by atoms with van der Waals surface area (Å²) in [6.45, 7) is 36.4. The summed E-state index contributed by atoms with van der Waals surface area (Å²) in [5.41, 5.74) is 0. The predicted molar refractivity (Wildman–Crippen MR) is 287 cm³/mol. The minimum atomic E-state index is 0.352. The van der Waals surface area contributed by atoms with E-state index in [0.29, 0.717) is 37.6 Å². The SMILES string of the molecule is CC(C)CCCC(C)CCCC(C)CCCC(C)CCCC(C)CCO.CC(C)CCCC(C)CCCC(C)CCCC(C)CCO.CC(C)CCCC(C)CCCC(C)CCO. The lowest BCUT2D eigenvalue weighted by Crippen LogP contribution is -2.02. The van der Waals surface area contributed by atoms with Gasteiger partial charge < -0.3 is 15.3 Å². The van der Waals surface area contributed by atoms with Crippen LogP contribution in [0.5, 0.6) is 0 Å². The molecular weight excluding hydrogens is 769 g/mol. The molecule has 384 valence electrons. The maximum absolute atomic E-state index is 8.96. The van der Waals surface area contributed by atoms with Crippen LogP contribution in [0.25, 0.3) is 0 Å². The fourth-order valence-electron chi connectivity index (χ4n) is 9.47. The zero-order valence-electron chi connectivity index (χ0n) is 46.6. The van der Waals surface area contributed by atoms with E-state index in [2.05, 4.69) is 104 Å². The van der Waals surface area contributed by atoms with Crippen LogP contribution < -0.4 is 0 Å². The molecule has 0 aliphatic carbocycles. The molecule has 9 unspecified atom stereocenters. The van der Waals surface area contributed by atoms with Crippen molar-refractivity contribution in [3.05, 3.63) is 0 Å². The van der Waals surface area contributed by atoms with Gasteiger partial charge in [-0.05, 0) is 90.3 Å². The highest BCUT2D eigenvalue weighted by atomic mass is 16.3. The highest BCUT2D eigenvalue weighted by molar-refractivity contribution is 4.64. The average molecular weight is 896 g/mol. The molecule has 9 atom stereocenters. The highest BCUT2D eigenvalue weighted by Crippen LogP contribution is 2.26. The second-order valence-electron chi connectivity index (χ2n) is 24.0. The number of rotatable bonds is 42. The van der Waals surface area contributed by atoms with Crippen molar-refractivity contribution in [2.45, 2.75) is 296 Å². The van der Waals surface area contributed by atoms with E-state index in [9.17, 15) is 0 Å². The maximum Gasteiger partial charge on any atom is 0.0433 e. The third kappa shape index (κ3) is 56.1. The van der Waals surface area contributed by atoms with Crippen LogP contribution in [0.15, 0.2) is 0 Å². The Morgan fingerprint density at radius 3 is 0.397 bits per heavy atom. The van der Waals surface area contributed by atoms with Gasteiger partial charge in [0, 0.05) is 19.8 Å². The average Bonchev–Trinajstić information content (AvgIpc) is 3.18. The number of aliphatic hydroxyl groups excluding tert-OH is 3. The maximum atomic E-state index is 8.96. The van der Waals surface area contributed by atoms with Crippen molar-refractivity contribution >= 4 is 0 Å². The molecule has 3 heteroatoms. The topological polar surface area (TPSA) is 60.7 Å². The van der Waals surface area contributed by atoms with Gasteiger partial charge in [-0.15, -0.1) is 0 Å². The van der Waals surface area contributed by atoms with Crippen LogP contribution in [0.2, 0.25) is 0 Å². The van der Waals surface area contributed by atoms with E-state index in [4.69, 9.17) is 15.3 Å². The van der Waals surface area contributed by atoms with Gasteiger partial charge in [-0.3, -0.25) is 0 Å². The van der Waals surface area contributed by atoms with Gasteiger partial charge in [0.2, 0.25) is 0 Å². The van der Waals surface area contributed by atoms with Crippen LogP contribution >= 0.6 is 0 Å². The van der Waals surface area contributed by atoms with Gasteiger partial charge in [0.1, 0.15) is 0 Å². The molecule has 0 fully saturated rings. The molecule has 0 rings (SSSR count). The second kappa shape index (κ2) is 48.3. The molecule has 3 N–H and O–H groups in total. The standard InChI is InChI=1S/C25H52O.C20H42O.C15H32O/c1-21(2)11-7-12-22(3)13-8-14-23(4)15-9-16-24(5)17-10-18-25(6)19-20-26;1-17(2)9-6-10-18(3)11-7-12-19(4)13-8-14-20(5)15-16-21;1-13(2)7-5-8-14(3)9-6-10-15(4)11-12-16/h21-26H,7-20H2,1-6H3;17-21H,6-16H2,1-5H3;13-16H,5-12H2,1-4H3. The molecule has 0 aromatic carbocycles. The van der Waals surface area contributed by atoms with E-state index >= 15 is 0 Å². The zero-order valence-corrected chi connectivity index (χ0v) is 46.6. The lowest BCUT2D eigenvalue weighted by atomic mass is 9.90. The first-order chi connectivity index (χ1) is 29.9. The molecule has 3 nitrogen and oxygen atoms in total. The molecule has 63 heavy (non-hydrogen) atoms. The molecule has 0 bridgehead atoms. The van der Waals surface area contributed by atoms with Gasteiger partial charge in [-0.1, -0.05) is 277 Å². The normalized spacial score (nSPS) is 16.1. The fourth-order valence-corrected chi connectivity index (χ4v) is 9.47. The summed E-state index contributed by atoms with van der Waals surface area (Å²) in [5, 5.41) is 26.7. The Balaban J connectivity index is -0.000000883. The Hall–Kier alpha value is -0.120. The Morgan fingerprint density at radius 1 is 0.175 bits per heavy atom. The molecule has 0 aromatic heterocycles. The van der Waals surface area contributed by atoms with Crippen LogP contribution in [-0.2, 0) is 0 Å². The third-order valence-electron chi connectivity index (χ3n) is 14.7. The van der Waals surface area contributed by atoms with Gasteiger partial charge in [-0.25, -0.2) is 0 Å². The van der Waals surface area contributed by atoms with E-state index in [0.717, 1.165) is 72.5 Å². The first kappa shape index (κ1) is 67.2. The molecule has 0 aromatic rings. The van der Waals surface area contributed by atoms with E-state index < -0.39 is 0 Å². The van der Waals surface area contributed by atoms with Crippen LogP contribution in [0, 0.1) is 71.0 Å². The fraction of sp³-hybridized carbons (Fsp3) is 1.00. The van der Waals surface area contributed by atoms with Gasteiger partial charge >= 0.3 is 0 Å². The summed E-state index contributed by atoms with van der Waals surface area (Å²) in [6.07, 6.45) is 40.4. The summed E-state index contributed by atoms with van der Waals surface area (Å²) in [7, 11) is 0. The quantitative estimate of drug-likeness (QED) is 0.0572. The smallest absolute Gasteiger partial charge is 0.0433 e. The van der Waals surface area contributed by atoms with E-state index in [-0.39, 0.29) is 0 Å². The first-order valence-corrected chi connectivity index (χ1v) is 28.7. The van der Waals surface area contributed by atoms with Crippen molar-refractivity contribution < 1.29 is 15.3 Å². The van der Waals surface area contributed by atoms with Crippen LogP contribution in [-0.4, -0.2) is 35.1 Å². The number of aliphatic hydroxyl groups is 3. The predicted octanol–water partition coefficient (Wildman–Crippen LogP) is 19.3. The second-order valence-corrected chi connectivity index (χ2v) is 24.0. The van der Waals surface area contributed by atoms with Crippen LogP contribution in [0.1, 0.15) is 296 Å². The molecule has 0 aliphatic rings. The largest absolute Gasteiger partial charge is 0.396 e. The minimum absolute atomic E-state index is 0.352. The summed E-state index contributed by atoms with van der Waals surface area (Å²) < 4.78 is 0. The van der Waals surface area contributed by atoms with E-state index in [1.54, 1.807) is 0 Å². The highest BCUT2D eigenvalue weighted by Gasteiger charge is 2.11. The minimum Gasteiger partial charge on any atom is -0.396 e. The van der Waals surface area contributed by atoms with Gasteiger partial charge in [0.05, 0.1) is 0 Å². The lowest BCUT2D eigenvalue weighted by Gasteiger charge is -2.17. The molecule has 0 amide bonds. The van der Waals surface area contributed by atoms with Crippen molar-refractivity contribution in [1.29, 1.82) is 0 Å². The number of hydrogen-bond donors (Lipinski definition) is 3. The number of hydrogen-bond acceptors (Lipinski definition) is 3. The molecule has 0 saturated heterocycles. The molecule has 0 saturated carbocycles. The van der Waals surface area contributed by atoms with Gasteiger partial charge in [0.15, 0.2) is 0 Å². The lowest BCUT2D eigenvalue weighted by molar-refractivity contribution is 0.254. The monoisotopic (exact) mass is 895 g/mol. The van der Waals surface area contributed by atoms with Crippen LogP contribution in [0.3, 0.4) is 0 Å². The van der Waals surface area contributed by atoms with Crippen molar-refractivity contribution in [2.75, 3.05) is 19.8 Å². The van der Waals surface area contributed by atoms with Crippen molar-refractivity contribution in [1.82, 2.24) is 0 Å². The van der Waals surface area contributed by atoms with Crippen molar-refractivity contribution in [3.8, 4) is 0 Å². The molecular formula is C60H126O3. The summed E-state index contributed by atoms with van der Waals surface area (Å²) >= 11 is 0. The summed E-state index contributed by atoms with van der Waals surface area (Å²) in [5.74, 6) is 10.1. The summed E-state index contributed by atoms with van der Waals surface area (Å²) in [6, 6.07) is 0. The van der Waals surface area contributed by atoms with Gasteiger partial charge in [0.25, 0.3) is 0 Å². The zero-order chi connectivity index (χ0) is 48.3. The first-order valence-electron chi connectivity index (χ1n) is 28.7. The Kier molecular flexibility index (Phi) is 51.5. The van der Waals surface area contributed by atoms with Crippen molar-refractivity contribution in [3.63, 3.8) is 0 Å². The molecule has 0 aliphatic heterocycles. The summed E-state index contributed by atoms with van der Waals surface area (Å²) in [4.78, 5) is 0. The molecule has 0 radical (unpaired) electrons. The third-order valence-corrected chi connectivity index (χ3v) is 14.7. The molecule has 0 heterocycles. The Morgan fingerprint density at radius 2 is 0.286 bits per heavy atom.